The van der Waals surface area contributed by atoms with Crippen molar-refractivity contribution < 1.29 is 19.3 Å². The van der Waals surface area contributed by atoms with Gasteiger partial charge < -0.3 is 24.6 Å². The summed E-state index contributed by atoms with van der Waals surface area (Å²) in [5, 5.41) is 39.8. The lowest BCUT2D eigenvalue weighted by molar-refractivity contribution is -0.0673. The first-order valence-electron chi connectivity index (χ1n) is 17.7. The maximum atomic E-state index is 10.8. The highest BCUT2D eigenvalue weighted by atomic mass is 16.5. The van der Waals surface area contributed by atoms with E-state index in [9.17, 15) is 10.4 Å². The molecular weight excluding hydrogens is 638 g/mol. The normalized spacial score (nSPS) is 25.0. The molecule has 262 valence electrons. The Labute approximate surface area is 290 Å². The number of tetrazole rings is 1. The van der Waals surface area contributed by atoms with Crippen LogP contribution in [-0.2, 0) is 11.3 Å². The largest absolute Gasteiger partial charge is 0.487 e. The first-order valence-corrected chi connectivity index (χ1v) is 17.7. The molecule has 15 heteroatoms. The number of morpholine rings is 1. The summed E-state index contributed by atoms with van der Waals surface area (Å²) in [6.07, 6.45) is 16.0. The summed E-state index contributed by atoms with van der Waals surface area (Å²) in [6.45, 7) is 4.26. The Morgan fingerprint density at radius 3 is 2.46 bits per heavy atom. The molecule has 2 saturated heterocycles. The smallest absolute Gasteiger partial charge is 0.257 e. The number of rotatable bonds is 12. The van der Waals surface area contributed by atoms with Gasteiger partial charge in [0, 0.05) is 36.1 Å². The number of nitrogens with one attached hydrogen (secondary N) is 1. The molecule has 3 atom stereocenters. The summed E-state index contributed by atoms with van der Waals surface area (Å²) in [5.74, 6) is 1.30. The van der Waals surface area contributed by atoms with E-state index >= 15 is 0 Å². The van der Waals surface area contributed by atoms with Crippen LogP contribution in [0.4, 0.5) is 11.6 Å². The van der Waals surface area contributed by atoms with Gasteiger partial charge in [-0.15, -0.1) is 10.2 Å². The number of hydrogen-bond donors (Lipinski definition) is 2. The molecule has 0 radical (unpaired) electrons. The quantitative estimate of drug-likeness (QED) is 0.219. The number of nitriles is 1. The average molecular weight is 682 g/mol. The number of benzene rings is 1. The van der Waals surface area contributed by atoms with Gasteiger partial charge in [0.05, 0.1) is 43.2 Å². The molecule has 2 aliphatic heterocycles. The molecule has 3 aromatic heterocycles. The first-order chi connectivity index (χ1) is 24.4. The van der Waals surface area contributed by atoms with Gasteiger partial charge in [0.15, 0.2) is 0 Å². The minimum atomic E-state index is -0.802. The second-order valence-corrected chi connectivity index (χ2v) is 14.2. The van der Waals surface area contributed by atoms with E-state index in [1.807, 2.05) is 29.9 Å². The van der Waals surface area contributed by atoms with Crippen LogP contribution >= 0.6 is 0 Å². The molecule has 4 fully saturated rings. The minimum Gasteiger partial charge on any atom is -0.487 e. The van der Waals surface area contributed by atoms with Crippen LogP contribution in [0, 0.1) is 11.3 Å². The lowest BCUT2D eigenvalue weighted by Gasteiger charge is -2.43. The third-order valence-electron chi connectivity index (χ3n) is 10.7. The molecular formula is C35H43N11O4. The van der Waals surface area contributed by atoms with Crippen LogP contribution in [0.1, 0.15) is 76.3 Å². The van der Waals surface area contributed by atoms with Crippen molar-refractivity contribution in [2.45, 2.75) is 107 Å². The van der Waals surface area contributed by atoms with Gasteiger partial charge in [-0.25, -0.2) is 14.6 Å². The predicted molar refractivity (Wildman–Crippen MR) is 181 cm³/mol. The molecule has 0 spiro atoms. The van der Waals surface area contributed by atoms with E-state index in [0.717, 1.165) is 69.3 Å². The Morgan fingerprint density at radius 2 is 1.78 bits per heavy atom. The lowest BCUT2D eigenvalue weighted by atomic mass is 9.81. The SMILES string of the molecule is C[C@@H](Cn1cnnn1)Oc1cc(-c2cnc(Nc3cn(C4CCC(N5[C@@H]6CC[C@H]5COC6)CC4)nc3OCC3(O)CCC3)nc2)ccc1C#N. The fraction of sp³-hybridized carbons (Fsp3) is 0.571. The zero-order valence-corrected chi connectivity index (χ0v) is 28.3. The van der Waals surface area contributed by atoms with Crippen molar-refractivity contribution in [2.75, 3.05) is 25.1 Å². The molecule has 0 amide bonds. The fourth-order valence-corrected chi connectivity index (χ4v) is 7.90. The van der Waals surface area contributed by atoms with Crippen molar-refractivity contribution in [1.82, 2.24) is 44.9 Å². The van der Waals surface area contributed by atoms with E-state index < -0.39 is 5.60 Å². The van der Waals surface area contributed by atoms with Gasteiger partial charge in [-0.3, -0.25) is 9.58 Å². The van der Waals surface area contributed by atoms with Crippen molar-refractivity contribution in [1.29, 1.82) is 5.26 Å². The molecule has 0 unspecified atom stereocenters. The molecule has 1 aromatic carbocycles. The Morgan fingerprint density at radius 1 is 1.04 bits per heavy atom. The second kappa shape index (κ2) is 13.9. The first kappa shape index (κ1) is 32.5. The van der Waals surface area contributed by atoms with E-state index in [2.05, 4.69) is 41.8 Å². The molecule has 5 heterocycles. The summed E-state index contributed by atoms with van der Waals surface area (Å²) in [6, 6.07) is 9.62. The molecule has 50 heavy (non-hydrogen) atoms. The summed E-state index contributed by atoms with van der Waals surface area (Å²) in [5.41, 5.74) is 1.87. The van der Waals surface area contributed by atoms with Gasteiger partial charge >= 0.3 is 0 Å². The molecule has 4 aromatic rings. The standard InChI is InChI=1S/C35H43N11O4/c1-23(17-44-22-39-42-43-44)50-32-13-24(3-4-25(32)14-36)26-15-37-34(38-16-26)40-31-18-45(41-33(31)49-21-35(47)11-2-12-35)27-5-7-28(8-6-27)46-29-9-10-30(46)20-48-19-29/h3-4,13,15-16,18,22-23,27-30,47H,2,5-12,17,19-21H2,1H3,(H,37,38,40)/t23-,27?,28?,29-,30+/m0/s1. The zero-order chi connectivity index (χ0) is 34.1. The molecule has 4 aliphatic rings. The van der Waals surface area contributed by atoms with Crippen molar-refractivity contribution >= 4 is 11.6 Å². The van der Waals surface area contributed by atoms with Crippen molar-refractivity contribution in [3.8, 4) is 28.8 Å². The number of nitrogens with zero attached hydrogens (tertiary/aromatic N) is 10. The van der Waals surface area contributed by atoms with Crippen LogP contribution in [0.15, 0.2) is 43.1 Å². The van der Waals surface area contributed by atoms with Gasteiger partial charge in [0.2, 0.25) is 5.95 Å². The monoisotopic (exact) mass is 681 g/mol. The predicted octanol–water partition coefficient (Wildman–Crippen LogP) is 4.05. The number of hydrogen-bond acceptors (Lipinski definition) is 13. The molecule has 2 aliphatic carbocycles. The summed E-state index contributed by atoms with van der Waals surface area (Å²) >= 11 is 0. The van der Waals surface area contributed by atoms with E-state index in [1.54, 1.807) is 23.1 Å². The molecule has 15 nitrogen and oxygen atoms in total. The Kier molecular flexibility index (Phi) is 9.07. The Balaban J connectivity index is 0.958. The maximum Gasteiger partial charge on any atom is 0.257 e. The Bertz CT molecular complexity index is 1780. The zero-order valence-electron chi connectivity index (χ0n) is 28.3. The van der Waals surface area contributed by atoms with Gasteiger partial charge in [-0.1, -0.05) is 6.07 Å². The maximum absolute atomic E-state index is 10.8. The van der Waals surface area contributed by atoms with Crippen LogP contribution in [0.2, 0.25) is 0 Å². The molecule has 2 bridgehead atoms. The topological polar surface area (TPSA) is 174 Å². The highest BCUT2D eigenvalue weighted by Crippen LogP contribution is 2.40. The van der Waals surface area contributed by atoms with Crippen molar-refractivity contribution in [2.24, 2.45) is 0 Å². The van der Waals surface area contributed by atoms with Crippen LogP contribution in [0.25, 0.3) is 11.1 Å². The molecule has 8 rings (SSSR count). The number of anilines is 2. The van der Waals surface area contributed by atoms with Crippen LogP contribution in [-0.4, -0.2) is 99.6 Å². The van der Waals surface area contributed by atoms with Crippen LogP contribution in [0.3, 0.4) is 0 Å². The van der Waals surface area contributed by atoms with Gasteiger partial charge in [-0.2, -0.15) is 5.26 Å². The summed E-state index contributed by atoms with van der Waals surface area (Å²) in [4.78, 5) is 12.0. The number of ether oxygens (including phenoxy) is 3. The third-order valence-corrected chi connectivity index (χ3v) is 10.7. The van der Waals surface area contributed by atoms with Gasteiger partial charge in [0.1, 0.15) is 36.5 Å². The second-order valence-electron chi connectivity index (χ2n) is 14.2. The van der Waals surface area contributed by atoms with E-state index in [4.69, 9.17) is 19.3 Å². The Hall–Kier alpha value is -4.65. The lowest BCUT2D eigenvalue weighted by Crippen LogP contribution is -2.52. The number of fused-ring (bicyclic) bond motifs is 2. The van der Waals surface area contributed by atoms with Crippen LogP contribution < -0.4 is 14.8 Å². The third kappa shape index (κ3) is 6.87. The highest BCUT2D eigenvalue weighted by molar-refractivity contribution is 5.67. The van der Waals surface area contributed by atoms with Gasteiger partial charge in [0.25, 0.3) is 5.88 Å². The highest BCUT2D eigenvalue weighted by Gasteiger charge is 2.42. The van der Waals surface area contributed by atoms with E-state index in [1.165, 1.54) is 19.2 Å². The fourth-order valence-electron chi connectivity index (χ4n) is 7.90. The van der Waals surface area contributed by atoms with E-state index in [0.29, 0.717) is 53.5 Å². The van der Waals surface area contributed by atoms with Crippen molar-refractivity contribution in [3.63, 3.8) is 0 Å². The van der Waals surface area contributed by atoms with Crippen molar-refractivity contribution in [3.05, 3.63) is 48.7 Å². The van der Waals surface area contributed by atoms with Crippen LogP contribution in [0.5, 0.6) is 11.6 Å². The van der Waals surface area contributed by atoms with Gasteiger partial charge in [-0.05, 0) is 92.8 Å². The number of aromatic nitrogens is 8. The molecule has 2 N–H and O–H groups in total. The average Bonchev–Trinajstić information content (AvgIpc) is 3.84. The minimum absolute atomic E-state index is 0.197. The summed E-state index contributed by atoms with van der Waals surface area (Å²) < 4.78 is 21.7. The summed E-state index contributed by atoms with van der Waals surface area (Å²) in [7, 11) is 0. The van der Waals surface area contributed by atoms with E-state index in [-0.39, 0.29) is 18.8 Å². The number of aliphatic hydroxyl groups is 1. The molecule has 2 saturated carbocycles.